The van der Waals surface area contributed by atoms with E-state index in [4.69, 9.17) is 19.4 Å². The number of aromatic nitrogens is 3. The lowest BCUT2D eigenvalue weighted by molar-refractivity contribution is 0.533. The normalized spacial score (nSPS) is 14.6. The number of hydrogen-bond donors (Lipinski definition) is 0. The first-order valence-corrected chi connectivity index (χ1v) is 20.5. The third-order valence-corrected chi connectivity index (χ3v) is 12.3. The maximum Gasteiger partial charge on any atom is 0.164 e. The maximum atomic E-state index is 6.60. The summed E-state index contributed by atoms with van der Waals surface area (Å²) in [7, 11) is 0. The van der Waals surface area contributed by atoms with Crippen molar-refractivity contribution in [1.29, 1.82) is 0 Å². The predicted octanol–water partition coefficient (Wildman–Crippen LogP) is 14.1. The molecule has 2 aliphatic rings. The summed E-state index contributed by atoms with van der Waals surface area (Å²) in [5.41, 5.74) is 11.1. The van der Waals surface area contributed by atoms with Crippen LogP contribution in [0.25, 0.3) is 101 Å². The molecule has 0 bridgehead atoms. The van der Waals surface area contributed by atoms with Gasteiger partial charge in [-0.25, -0.2) is 15.0 Å². The Hall–Kier alpha value is -7.43. The van der Waals surface area contributed by atoms with E-state index < -0.39 is 0 Å². The number of benzene rings is 8. The minimum atomic E-state index is 0.260. The average molecular weight is 756 g/mol. The molecule has 0 saturated heterocycles. The molecular weight excluding hydrogens is 719 g/mol. The summed E-state index contributed by atoms with van der Waals surface area (Å²) in [6.07, 6.45) is 12.0. The minimum Gasteiger partial charge on any atom is -0.460 e. The van der Waals surface area contributed by atoms with Crippen LogP contribution in [0.2, 0.25) is 0 Å². The molecule has 1 unspecified atom stereocenters. The van der Waals surface area contributed by atoms with E-state index in [-0.39, 0.29) is 5.92 Å². The number of allylic oxidation sites excluding steroid dienone is 2. The molecule has 0 N–H and O–H groups in total. The van der Waals surface area contributed by atoms with Gasteiger partial charge in [-0.15, -0.1) is 0 Å². The zero-order valence-corrected chi connectivity index (χ0v) is 32.3. The Morgan fingerprint density at radius 2 is 1.24 bits per heavy atom. The summed E-state index contributed by atoms with van der Waals surface area (Å²) in [5, 5.41) is 8.35. The lowest BCUT2D eigenvalue weighted by Gasteiger charge is -2.17. The van der Waals surface area contributed by atoms with E-state index in [1.165, 1.54) is 43.8 Å². The van der Waals surface area contributed by atoms with Crippen LogP contribution < -0.4 is 0 Å². The molecule has 278 valence electrons. The van der Waals surface area contributed by atoms with Crippen molar-refractivity contribution in [1.82, 2.24) is 15.0 Å². The minimum absolute atomic E-state index is 0.260. The number of furan rings is 1. The fourth-order valence-electron chi connectivity index (χ4n) is 9.30. The molecule has 0 amide bonds. The average Bonchev–Trinajstić information content (AvgIpc) is 3.69. The van der Waals surface area contributed by atoms with E-state index in [9.17, 15) is 0 Å². The van der Waals surface area contributed by atoms with Crippen molar-refractivity contribution in [2.75, 3.05) is 0 Å². The molecule has 10 aromatic rings. The smallest absolute Gasteiger partial charge is 0.164 e. The molecule has 4 heteroatoms. The van der Waals surface area contributed by atoms with E-state index in [0.717, 1.165) is 74.6 Å². The summed E-state index contributed by atoms with van der Waals surface area (Å²) < 4.78 is 6.60. The summed E-state index contributed by atoms with van der Waals surface area (Å²) in [5.74, 6) is 3.26. The third kappa shape index (κ3) is 5.79. The number of fused-ring (bicyclic) bond motifs is 8. The zero-order valence-electron chi connectivity index (χ0n) is 32.3. The van der Waals surface area contributed by atoms with Gasteiger partial charge in [0, 0.05) is 40.0 Å². The summed E-state index contributed by atoms with van der Waals surface area (Å²) >= 11 is 0. The molecular formula is C55H37N3O. The topological polar surface area (TPSA) is 51.8 Å². The standard InChI is InChI=1S/C55H37N3O/c1-3-12-38-30-40(26-20-34(38)10-1)41-28-29-48-51(33-41)59-50-19-9-18-45(52(48)50)36-22-24-37(25-23-36)53-56-54(43-27-21-35-11-2-4-13-39(35)31-43)58-55(57-53)49-32-42-14-5-6-15-44(42)46-16-7-8-17-47(46)49/h1,3-10,12-32,41H,2,11,33H2. The molecule has 2 heterocycles. The molecule has 8 aromatic carbocycles. The number of aryl methyl sites for hydroxylation is 1. The highest BCUT2D eigenvalue weighted by Gasteiger charge is 2.24. The molecule has 4 nitrogen and oxygen atoms in total. The quantitative estimate of drug-likeness (QED) is 0.164. The van der Waals surface area contributed by atoms with Crippen molar-refractivity contribution in [2.45, 2.75) is 25.2 Å². The molecule has 0 radical (unpaired) electrons. The van der Waals surface area contributed by atoms with Crippen LogP contribution in [0.4, 0.5) is 0 Å². The van der Waals surface area contributed by atoms with Gasteiger partial charge in [0.1, 0.15) is 11.3 Å². The van der Waals surface area contributed by atoms with E-state index >= 15 is 0 Å². The van der Waals surface area contributed by atoms with Crippen LogP contribution in [-0.2, 0) is 12.8 Å². The SMILES string of the molecule is C1=Cc2cc(-c3nc(-c4ccc(-c5cccc6oc7c(c56)C=CC(c5ccc6ccccc6c5)C7)cc4)nc(-c4cc5ccccc5c5ccccc45)n3)ccc2CC1. The van der Waals surface area contributed by atoms with Gasteiger partial charge in [0.2, 0.25) is 0 Å². The summed E-state index contributed by atoms with van der Waals surface area (Å²) in [4.78, 5) is 15.6. The van der Waals surface area contributed by atoms with Gasteiger partial charge in [0.15, 0.2) is 17.5 Å². The molecule has 0 fully saturated rings. The Morgan fingerprint density at radius 1 is 0.508 bits per heavy atom. The van der Waals surface area contributed by atoms with Gasteiger partial charge in [-0.1, -0.05) is 164 Å². The monoisotopic (exact) mass is 755 g/mol. The fraction of sp³-hybridized carbons (Fsp3) is 0.0727. The number of hydrogen-bond acceptors (Lipinski definition) is 4. The van der Waals surface area contributed by atoms with Crippen LogP contribution >= 0.6 is 0 Å². The molecule has 0 saturated carbocycles. The molecule has 2 aromatic heterocycles. The van der Waals surface area contributed by atoms with Crippen molar-refractivity contribution in [3.05, 3.63) is 198 Å². The zero-order chi connectivity index (χ0) is 38.9. The highest BCUT2D eigenvalue weighted by atomic mass is 16.3. The second-order valence-electron chi connectivity index (χ2n) is 15.8. The number of nitrogens with zero attached hydrogens (tertiary/aromatic N) is 3. The molecule has 1 atom stereocenters. The van der Waals surface area contributed by atoms with Gasteiger partial charge in [-0.3, -0.25) is 0 Å². The summed E-state index contributed by atoms with van der Waals surface area (Å²) in [6, 6.07) is 56.3. The molecule has 12 rings (SSSR count). The molecule has 0 spiro atoms. The maximum absolute atomic E-state index is 6.60. The molecule has 59 heavy (non-hydrogen) atoms. The van der Waals surface area contributed by atoms with Gasteiger partial charge in [0.05, 0.1) is 0 Å². The van der Waals surface area contributed by atoms with Crippen molar-refractivity contribution in [3.63, 3.8) is 0 Å². The van der Waals surface area contributed by atoms with Crippen molar-refractivity contribution < 1.29 is 4.42 Å². The highest BCUT2D eigenvalue weighted by molar-refractivity contribution is 6.13. The highest BCUT2D eigenvalue weighted by Crippen LogP contribution is 2.42. The molecule has 2 aliphatic carbocycles. The first-order chi connectivity index (χ1) is 29.2. The van der Waals surface area contributed by atoms with Crippen LogP contribution in [0.5, 0.6) is 0 Å². The van der Waals surface area contributed by atoms with Crippen LogP contribution in [0.1, 0.15) is 40.4 Å². The van der Waals surface area contributed by atoms with Crippen LogP contribution in [-0.4, -0.2) is 15.0 Å². The van der Waals surface area contributed by atoms with Crippen molar-refractivity contribution in [2.24, 2.45) is 0 Å². The lowest BCUT2D eigenvalue weighted by atomic mass is 9.86. The third-order valence-electron chi connectivity index (χ3n) is 12.3. The lowest BCUT2D eigenvalue weighted by Crippen LogP contribution is -2.04. The second kappa shape index (κ2) is 13.6. The Kier molecular flexibility index (Phi) is 7.77. The van der Waals surface area contributed by atoms with Gasteiger partial charge < -0.3 is 4.42 Å². The van der Waals surface area contributed by atoms with E-state index in [2.05, 4.69) is 182 Å². The second-order valence-corrected chi connectivity index (χ2v) is 15.8. The van der Waals surface area contributed by atoms with Crippen LogP contribution in [0.15, 0.2) is 174 Å². The van der Waals surface area contributed by atoms with Gasteiger partial charge in [-0.2, -0.15) is 0 Å². The predicted molar refractivity (Wildman–Crippen MR) is 243 cm³/mol. The Balaban J connectivity index is 0.949. The van der Waals surface area contributed by atoms with E-state index in [1.807, 2.05) is 0 Å². The van der Waals surface area contributed by atoms with Crippen molar-refractivity contribution >= 4 is 55.4 Å². The fourth-order valence-corrected chi connectivity index (χ4v) is 9.30. The van der Waals surface area contributed by atoms with E-state index in [1.54, 1.807) is 0 Å². The Labute approximate surface area is 341 Å². The van der Waals surface area contributed by atoms with Crippen LogP contribution in [0.3, 0.4) is 0 Å². The Morgan fingerprint density at radius 3 is 2.12 bits per heavy atom. The first kappa shape index (κ1) is 33.7. The van der Waals surface area contributed by atoms with Gasteiger partial charge >= 0.3 is 0 Å². The van der Waals surface area contributed by atoms with Gasteiger partial charge in [0.25, 0.3) is 0 Å². The first-order valence-electron chi connectivity index (χ1n) is 20.5. The largest absolute Gasteiger partial charge is 0.460 e. The van der Waals surface area contributed by atoms with Crippen LogP contribution in [0, 0.1) is 0 Å². The molecule has 0 aliphatic heterocycles. The summed E-state index contributed by atoms with van der Waals surface area (Å²) in [6.45, 7) is 0. The van der Waals surface area contributed by atoms with Gasteiger partial charge in [-0.05, 0) is 91.2 Å². The van der Waals surface area contributed by atoms with Crippen molar-refractivity contribution in [3.8, 4) is 45.3 Å². The Bertz CT molecular complexity index is 3370. The van der Waals surface area contributed by atoms with E-state index in [0.29, 0.717) is 17.5 Å². The number of rotatable bonds is 5.